The molecule has 0 bridgehead atoms. The van der Waals surface area contributed by atoms with Crippen molar-refractivity contribution >= 4 is 17.6 Å². The molecule has 2 aliphatic rings. The maximum atomic E-state index is 13.5. The highest BCUT2D eigenvalue weighted by atomic mass is 19.4. The summed E-state index contributed by atoms with van der Waals surface area (Å²) in [5, 5.41) is 9.53. The first kappa shape index (κ1) is 30.3. The van der Waals surface area contributed by atoms with Crippen molar-refractivity contribution in [2.75, 3.05) is 13.7 Å². The number of halogens is 6. The van der Waals surface area contributed by atoms with E-state index in [1.165, 1.54) is 37.1 Å². The molecule has 4 rings (SSSR count). The van der Waals surface area contributed by atoms with Crippen LogP contribution in [-0.4, -0.2) is 41.8 Å². The van der Waals surface area contributed by atoms with Crippen LogP contribution >= 0.6 is 0 Å². The van der Waals surface area contributed by atoms with Crippen LogP contribution in [0.4, 0.5) is 31.1 Å². The number of aromatic carboxylic acids is 1. The molecule has 1 fully saturated rings. The third kappa shape index (κ3) is 6.31. The lowest BCUT2D eigenvalue weighted by molar-refractivity contribution is -0.143. The summed E-state index contributed by atoms with van der Waals surface area (Å²) in [7, 11) is 1.45. The summed E-state index contributed by atoms with van der Waals surface area (Å²) in [5.41, 5.74) is -1.46. The van der Waals surface area contributed by atoms with E-state index < -0.39 is 53.3 Å². The Kier molecular flexibility index (Phi) is 7.83. The molecule has 1 aliphatic heterocycles. The number of amides is 1. The van der Waals surface area contributed by atoms with E-state index >= 15 is 0 Å². The molecule has 2 unspecified atom stereocenters. The monoisotopic (exact) mass is 585 g/mol. The summed E-state index contributed by atoms with van der Waals surface area (Å²) in [6.07, 6.45) is -10.6. The Morgan fingerprint density at radius 3 is 2.22 bits per heavy atom. The molecule has 1 aliphatic carbocycles. The quantitative estimate of drug-likeness (QED) is 0.348. The zero-order valence-electron chi connectivity index (χ0n) is 22.7. The molecule has 1 N–H and O–H groups in total. The Bertz CT molecular complexity index is 1360. The van der Waals surface area contributed by atoms with Crippen molar-refractivity contribution in [1.29, 1.82) is 0 Å². The first-order chi connectivity index (χ1) is 18.9. The molecule has 6 nitrogen and oxygen atoms in total. The van der Waals surface area contributed by atoms with Gasteiger partial charge in [-0.3, -0.25) is 4.90 Å². The minimum Gasteiger partial charge on any atom is -0.496 e. The first-order valence-electron chi connectivity index (χ1n) is 12.8. The molecular weight excluding hydrogens is 556 g/mol. The number of carboxylic acid groups (broad SMARTS) is 1. The second kappa shape index (κ2) is 10.6. The van der Waals surface area contributed by atoms with Crippen LogP contribution in [0.3, 0.4) is 0 Å². The normalized spacial score (nSPS) is 21.2. The standard InChI is InChI=1S/C29H29F6NO5/c1-15-24(17-9-19(28(30,31)32)12-20(10-17)29(33,34)35)41-26(39)36(15)14-18-13-27(2,3)8-7-21(18)22-11-16(25(37)38)5-6-23(22)40-4/h5-6,9-12,15,24H,7-8,13-14H2,1-4H3,(H,37,38). The zero-order valence-corrected chi connectivity index (χ0v) is 22.7. The van der Waals surface area contributed by atoms with Crippen molar-refractivity contribution in [3.05, 3.63) is 69.8 Å². The van der Waals surface area contributed by atoms with Crippen LogP contribution in [0.1, 0.15) is 78.7 Å². The molecule has 0 saturated carbocycles. The number of carbonyl (C=O) groups is 2. The third-order valence-corrected chi connectivity index (χ3v) is 7.63. The molecule has 0 radical (unpaired) electrons. The number of cyclic esters (lactones) is 1. The van der Waals surface area contributed by atoms with Crippen molar-refractivity contribution in [3.8, 4) is 5.75 Å². The molecule has 1 saturated heterocycles. The number of hydrogen-bond donors (Lipinski definition) is 1. The van der Waals surface area contributed by atoms with Crippen molar-refractivity contribution in [2.24, 2.45) is 5.41 Å². The lowest BCUT2D eigenvalue weighted by atomic mass is 9.72. The average molecular weight is 586 g/mol. The van der Waals surface area contributed by atoms with Gasteiger partial charge in [-0.25, -0.2) is 9.59 Å². The highest BCUT2D eigenvalue weighted by molar-refractivity contribution is 5.90. The summed E-state index contributed by atoms with van der Waals surface area (Å²) >= 11 is 0. The fourth-order valence-corrected chi connectivity index (χ4v) is 5.47. The molecule has 2 atom stereocenters. The van der Waals surface area contributed by atoms with Gasteiger partial charge in [0.15, 0.2) is 0 Å². The van der Waals surface area contributed by atoms with Gasteiger partial charge in [-0.2, -0.15) is 26.3 Å². The van der Waals surface area contributed by atoms with Crippen molar-refractivity contribution in [1.82, 2.24) is 4.90 Å². The van der Waals surface area contributed by atoms with E-state index in [0.717, 1.165) is 17.6 Å². The largest absolute Gasteiger partial charge is 0.496 e. The lowest BCUT2D eigenvalue weighted by Crippen LogP contribution is -2.35. The third-order valence-electron chi connectivity index (χ3n) is 7.63. The van der Waals surface area contributed by atoms with E-state index in [1.54, 1.807) is 0 Å². The van der Waals surface area contributed by atoms with Gasteiger partial charge in [0.25, 0.3) is 0 Å². The summed E-state index contributed by atoms with van der Waals surface area (Å²) in [5.74, 6) is -0.702. The lowest BCUT2D eigenvalue weighted by Gasteiger charge is -2.36. The number of carboxylic acids is 1. The topological polar surface area (TPSA) is 76.1 Å². The van der Waals surface area contributed by atoms with Crippen LogP contribution in [0.2, 0.25) is 0 Å². The minimum atomic E-state index is -5.04. The molecule has 0 aromatic heterocycles. The Morgan fingerprint density at radius 1 is 1.07 bits per heavy atom. The highest BCUT2D eigenvalue weighted by Crippen LogP contribution is 2.46. The molecule has 222 valence electrons. The Hall–Kier alpha value is -3.70. The minimum absolute atomic E-state index is 0.0131. The highest BCUT2D eigenvalue weighted by Gasteiger charge is 2.44. The molecule has 12 heteroatoms. The van der Waals surface area contributed by atoms with Gasteiger partial charge in [0.2, 0.25) is 0 Å². The van der Waals surface area contributed by atoms with E-state index in [-0.39, 0.29) is 23.6 Å². The molecule has 2 aromatic carbocycles. The van der Waals surface area contributed by atoms with E-state index in [4.69, 9.17) is 9.47 Å². The Morgan fingerprint density at radius 2 is 1.68 bits per heavy atom. The van der Waals surface area contributed by atoms with Crippen LogP contribution in [-0.2, 0) is 17.1 Å². The van der Waals surface area contributed by atoms with Crippen molar-refractivity contribution in [2.45, 2.75) is 64.5 Å². The van der Waals surface area contributed by atoms with Gasteiger partial charge in [-0.15, -0.1) is 0 Å². The second-order valence-corrected chi connectivity index (χ2v) is 11.2. The molecule has 2 aromatic rings. The SMILES string of the molecule is COc1ccc(C(=O)O)cc1C1=C(CN2C(=O)OC(c3cc(C(F)(F)F)cc(C(F)(F)F)c3)C2C)CC(C)(C)CC1. The maximum absolute atomic E-state index is 13.5. The van der Waals surface area contributed by atoms with Crippen LogP contribution in [0, 0.1) is 5.41 Å². The smallest absolute Gasteiger partial charge is 0.416 e. The molecule has 41 heavy (non-hydrogen) atoms. The van der Waals surface area contributed by atoms with Crippen LogP contribution in [0.15, 0.2) is 42.0 Å². The summed E-state index contributed by atoms with van der Waals surface area (Å²) < 4.78 is 91.6. The van der Waals surface area contributed by atoms with Crippen LogP contribution in [0.25, 0.3) is 5.57 Å². The molecular formula is C29H29F6NO5. The number of alkyl halides is 6. The number of benzene rings is 2. The van der Waals surface area contributed by atoms with Gasteiger partial charge in [0.05, 0.1) is 29.8 Å². The van der Waals surface area contributed by atoms with E-state index in [2.05, 4.69) is 0 Å². The van der Waals surface area contributed by atoms with Gasteiger partial charge < -0.3 is 14.6 Å². The van der Waals surface area contributed by atoms with E-state index in [1.807, 2.05) is 13.8 Å². The Labute approximate surface area is 232 Å². The van der Waals surface area contributed by atoms with Gasteiger partial charge in [-0.05, 0) is 84.7 Å². The number of hydrogen-bond acceptors (Lipinski definition) is 4. The van der Waals surface area contributed by atoms with Gasteiger partial charge in [0, 0.05) is 12.1 Å². The second-order valence-electron chi connectivity index (χ2n) is 11.2. The van der Waals surface area contributed by atoms with Crippen molar-refractivity contribution in [3.63, 3.8) is 0 Å². The Balaban J connectivity index is 1.75. The maximum Gasteiger partial charge on any atom is 0.416 e. The van der Waals surface area contributed by atoms with Crippen LogP contribution < -0.4 is 4.74 Å². The number of rotatable bonds is 6. The van der Waals surface area contributed by atoms with Gasteiger partial charge in [-0.1, -0.05) is 13.8 Å². The van der Waals surface area contributed by atoms with Crippen molar-refractivity contribution < 1.29 is 50.5 Å². The summed E-state index contributed by atoms with van der Waals surface area (Å²) in [4.78, 5) is 26.0. The predicted molar refractivity (Wildman–Crippen MR) is 136 cm³/mol. The number of nitrogens with zero attached hydrogens (tertiary/aromatic N) is 1. The van der Waals surface area contributed by atoms with Gasteiger partial charge in [0.1, 0.15) is 11.9 Å². The zero-order chi connectivity index (χ0) is 30.5. The van der Waals surface area contributed by atoms with Crippen LogP contribution in [0.5, 0.6) is 5.75 Å². The number of methoxy groups -OCH3 is 1. The first-order valence-corrected chi connectivity index (χ1v) is 12.8. The molecule has 1 amide bonds. The fourth-order valence-electron chi connectivity index (χ4n) is 5.47. The number of ether oxygens (including phenoxy) is 2. The van der Waals surface area contributed by atoms with E-state index in [9.17, 15) is 41.0 Å². The molecule has 1 heterocycles. The molecule has 0 spiro atoms. The number of allylic oxidation sites excluding steroid dienone is 1. The van der Waals surface area contributed by atoms with Gasteiger partial charge >= 0.3 is 24.4 Å². The fraction of sp³-hybridized carbons (Fsp3) is 0.448. The summed E-state index contributed by atoms with van der Waals surface area (Å²) in [6, 6.07) is 4.71. The predicted octanol–water partition coefficient (Wildman–Crippen LogP) is 7.98. The van der Waals surface area contributed by atoms with E-state index in [0.29, 0.717) is 36.3 Å². The summed E-state index contributed by atoms with van der Waals surface area (Å²) in [6.45, 7) is 5.55. The number of carbonyl (C=O) groups excluding carboxylic acids is 1. The average Bonchev–Trinajstić information content (AvgIpc) is 3.15.